The smallest absolute Gasteiger partial charge is 0.412 e. The van der Waals surface area contributed by atoms with E-state index < -0.39 is 65.8 Å². The average Bonchev–Trinajstić information content (AvgIpc) is 3.14. The number of alkyl carbamates (subject to hydrolysis) is 1. The lowest BCUT2D eigenvalue weighted by Gasteiger charge is -2.34. The van der Waals surface area contributed by atoms with Gasteiger partial charge in [0, 0.05) is 12.8 Å². The number of amides is 2. The summed E-state index contributed by atoms with van der Waals surface area (Å²) in [5.41, 5.74) is -3.41. The van der Waals surface area contributed by atoms with Gasteiger partial charge in [-0.25, -0.2) is 19.2 Å². The monoisotopic (exact) mass is 612 g/mol. The van der Waals surface area contributed by atoms with Crippen LogP contribution in [0.4, 0.5) is 15.4 Å². The predicted molar refractivity (Wildman–Crippen MR) is 151 cm³/mol. The number of rotatable bonds is 10. The number of hydrogen-bond acceptors (Lipinski definition) is 12. The van der Waals surface area contributed by atoms with Crippen LogP contribution in [0.15, 0.2) is 17.1 Å². The van der Waals surface area contributed by atoms with E-state index in [4.69, 9.17) is 28.4 Å². The molecule has 2 saturated heterocycles. The van der Waals surface area contributed by atoms with E-state index >= 15 is 0 Å². The first kappa shape index (κ1) is 34.2. The highest BCUT2D eigenvalue weighted by atomic mass is 16.7. The van der Waals surface area contributed by atoms with Crippen LogP contribution in [0.3, 0.4) is 0 Å². The van der Waals surface area contributed by atoms with Gasteiger partial charge in [-0.3, -0.25) is 9.88 Å². The van der Waals surface area contributed by atoms with Crippen LogP contribution in [0.25, 0.3) is 0 Å². The minimum Gasteiger partial charge on any atom is -0.461 e. The fraction of sp³-hybridized carbons (Fsp3) is 0.750. The van der Waals surface area contributed by atoms with Gasteiger partial charge in [-0.15, -0.1) is 0 Å². The van der Waals surface area contributed by atoms with Crippen molar-refractivity contribution in [3.05, 3.63) is 22.7 Å². The Bertz CT molecular complexity index is 1170. The zero-order chi connectivity index (χ0) is 31.9. The van der Waals surface area contributed by atoms with Crippen molar-refractivity contribution in [1.82, 2.24) is 14.9 Å². The first-order valence-corrected chi connectivity index (χ1v) is 14.5. The van der Waals surface area contributed by atoms with Gasteiger partial charge in [0.15, 0.2) is 12.5 Å². The number of nitrogens with zero attached hydrogens (tertiary/aromatic N) is 2. The first-order chi connectivity index (χ1) is 20.1. The molecule has 2 aliphatic rings. The zero-order valence-corrected chi connectivity index (χ0v) is 25.8. The van der Waals surface area contributed by atoms with Crippen molar-refractivity contribution in [2.24, 2.45) is 5.92 Å². The molecule has 0 saturated carbocycles. The molecule has 15 nitrogen and oxygen atoms in total. The molecular weight excluding hydrogens is 568 g/mol. The lowest BCUT2D eigenvalue weighted by atomic mass is 9.96. The molecule has 2 aliphatic heterocycles. The second kappa shape index (κ2) is 14.5. The molecule has 1 aromatic heterocycles. The SMILES string of the molecule is CCOC(=O)Nc1ccn([C@@H]2O[C@H](COC(=O)[C@@H](NC(=O)OC(C)(C)C)C(C)C)[C@@H](OC3CCCCO3)[C@@]2(C)O)c(=O)n1. The number of hydrogen-bond donors (Lipinski definition) is 3. The van der Waals surface area contributed by atoms with Crippen LogP contribution < -0.4 is 16.3 Å². The highest BCUT2D eigenvalue weighted by Gasteiger charge is 2.56. The molecule has 0 aromatic carbocycles. The molecule has 3 heterocycles. The molecule has 43 heavy (non-hydrogen) atoms. The van der Waals surface area contributed by atoms with Gasteiger partial charge < -0.3 is 38.8 Å². The Morgan fingerprint density at radius 1 is 1.21 bits per heavy atom. The number of aliphatic hydroxyl groups is 1. The van der Waals surface area contributed by atoms with E-state index in [9.17, 15) is 24.3 Å². The molecule has 0 radical (unpaired) electrons. The Kier molecular flexibility index (Phi) is 11.5. The third kappa shape index (κ3) is 9.36. The second-order valence-corrected chi connectivity index (χ2v) is 12.0. The number of nitrogens with one attached hydrogen (secondary N) is 2. The molecule has 6 atom stereocenters. The molecule has 1 aromatic rings. The number of anilines is 1. The van der Waals surface area contributed by atoms with Crippen molar-refractivity contribution in [3.8, 4) is 0 Å². The van der Waals surface area contributed by atoms with Crippen molar-refractivity contribution >= 4 is 24.0 Å². The van der Waals surface area contributed by atoms with Gasteiger partial charge in [-0.1, -0.05) is 13.8 Å². The molecule has 1 unspecified atom stereocenters. The summed E-state index contributed by atoms with van der Waals surface area (Å²) < 4.78 is 34.6. The summed E-state index contributed by atoms with van der Waals surface area (Å²) >= 11 is 0. The van der Waals surface area contributed by atoms with Crippen LogP contribution in [0.5, 0.6) is 0 Å². The van der Waals surface area contributed by atoms with Crippen molar-refractivity contribution < 1.29 is 47.9 Å². The van der Waals surface area contributed by atoms with Crippen molar-refractivity contribution in [3.63, 3.8) is 0 Å². The maximum atomic E-state index is 13.1. The molecule has 0 spiro atoms. The van der Waals surface area contributed by atoms with E-state index in [0.29, 0.717) is 13.0 Å². The zero-order valence-electron chi connectivity index (χ0n) is 25.8. The number of carbonyl (C=O) groups is 3. The Morgan fingerprint density at radius 2 is 1.93 bits per heavy atom. The standard InChI is InChI=1S/C28H44N4O11/c1-8-38-25(35)30-18-12-13-32(24(34)29-18)23-28(7,37)21(42-19-11-9-10-14-39-19)17(41-23)15-40-22(33)20(16(2)3)31-26(36)43-27(4,5)6/h12-13,16-17,19-21,23,37H,8-11,14-15H2,1-7H3,(H,31,36)(H,29,30,34,35)/t17-,19?,20+,21-,23-,28-/m1/s1. The summed E-state index contributed by atoms with van der Waals surface area (Å²) in [6, 6.07) is 0.320. The fourth-order valence-corrected chi connectivity index (χ4v) is 4.69. The summed E-state index contributed by atoms with van der Waals surface area (Å²) in [5.74, 6) is -1.13. The van der Waals surface area contributed by atoms with Gasteiger partial charge in [0.2, 0.25) is 0 Å². The van der Waals surface area contributed by atoms with Crippen molar-refractivity contribution in [2.45, 2.75) is 110 Å². The van der Waals surface area contributed by atoms with E-state index in [1.165, 1.54) is 19.2 Å². The predicted octanol–water partition coefficient (Wildman–Crippen LogP) is 2.46. The second-order valence-electron chi connectivity index (χ2n) is 12.0. The van der Waals surface area contributed by atoms with E-state index in [1.807, 2.05) is 0 Å². The van der Waals surface area contributed by atoms with Crippen molar-refractivity contribution in [2.75, 3.05) is 25.1 Å². The Morgan fingerprint density at radius 3 is 2.51 bits per heavy atom. The van der Waals surface area contributed by atoms with E-state index in [2.05, 4.69) is 15.6 Å². The van der Waals surface area contributed by atoms with Gasteiger partial charge in [-0.05, 0) is 65.9 Å². The normalized spacial score (nSPS) is 26.4. The molecular formula is C28H44N4O11. The number of ether oxygens (including phenoxy) is 6. The Hall–Kier alpha value is -3.27. The van der Waals surface area contributed by atoms with Crippen LogP contribution >= 0.6 is 0 Å². The number of esters is 1. The third-order valence-corrected chi connectivity index (χ3v) is 6.72. The van der Waals surface area contributed by atoms with Crippen LogP contribution in [0, 0.1) is 5.92 Å². The van der Waals surface area contributed by atoms with Gasteiger partial charge >= 0.3 is 23.8 Å². The Labute approximate surface area is 250 Å². The molecule has 242 valence electrons. The third-order valence-electron chi connectivity index (χ3n) is 6.72. The first-order valence-electron chi connectivity index (χ1n) is 14.5. The van der Waals surface area contributed by atoms with Gasteiger partial charge in [-0.2, -0.15) is 4.98 Å². The van der Waals surface area contributed by atoms with Crippen LogP contribution in [-0.4, -0.2) is 88.4 Å². The van der Waals surface area contributed by atoms with Crippen LogP contribution in [-0.2, 0) is 33.2 Å². The van der Waals surface area contributed by atoms with Crippen LogP contribution in [0.1, 0.15) is 74.0 Å². The quantitative estimate of drug-likeness (QED) is 0.259. The van der Waals surface area contributed by atoms with E-state index in [0.717, 1.165) is 17.4 Å². The average molecular weight is 613 g/mol. The summed E-state index contributed by atoms with van der Waals surface area (Å²) in [5, 5.41) is 16.6. The Balaban J connectivity index is 1.80. The molecule has 15 heteroatoms. The highest BCUT2D eigenvalue weighted by Crippen LogP contribution is 2.41. The lowest BCUT2D eigenvalue weighted by molar-refractivity contribution is -0.226. The largest absolute Gasteiger partial charge is 0.461 e. The summed E-state index contributed by atoms with van der Waals surface area (Å²) in [7, 11) is 0. The highest BCUT2D eigenvalue weighted by molar-refractivity contribution is 5.83. The fourth-order valence-electron chi connectivity index (χ4n) is 4.69. The molecule has 3 rings (SSSR count). The summed E-state index contributed by atoms with van der Waals surface area (Å²) in [4.78, 5) is 54.0. The van der Waals surface area contributed by atoms with E-state index in [1.54, 1.807) is 41.5 Å². The lowest BCUT2D eigenvalue weighted by Crippen LogP contribution is -2.50. The molecule has 3 N–H and O–H groups in total. The van der Waals surface area contributed by atoms with Gasteiger partial charge in [0.25, 0.3) is 0 Å². The number of aromatic nitrogens is 2. The molecule has 0 aliphatic carbocycles. The topological polar surface area (TPSA) is 186 Å². The van der Waals surface area contributed by atoms with Crippen molar-refractivity contribution in [1.29, 1.82) is 0 Å². The summed E-state index contributed by atoms with van der Waals surface area (Å²) in [6.45, 7) is 11.9. The maximum Gasteiger partial charge on any atom is 0.412 e. The summed E-state index contributed by atoms with van der Waals surface area (Å²) in [6.07, 6.45) is -2.01. The van der Waals surface area contributed by atoms with Gasteiger partial charge in [0.1, 0.15) is 41.9 Å². The minimum atomic E-state index is -1.81. The molecule has 2 fully saturated rings. The van der Waals surface area contributed by atoms with E-state index in [-0.39, 0.29) is 24.9 Å². The molecule has 0 bridgehead atoms. The number of carbonyl (C=O) groups excluding carboxylic acids is 3. The van der Waals surface area contributed by atoms with Crippen LogP contribution in [0.2, 0.25) is 0 Å². The van der Waals surface area contributed by atoms with Gasteiger partial charge in [0.05, 0.1) is 6.61 Å². The molecule has 2 amide bonds. The maximum absolute atomic E-state index is 13.1. The minimum absolute atomic E-state index is 0.0524.